The molecule has 1 aromatic rings. The first-order valence-corrected chi connectivity index (χ1v) is 9.99. The molecule has 2 aliphatic rings. The number of aryl methyl sites for hydroxylation is 1. The maximum Gasteiger partial charge on any atom is 0.294 e. The first kappa shape index (κ1) is 19.5. The van der Waals surface area contributed by atoms with E-state index < -0.39 is 5.91 Å². The summed E-state index contributed by atoms with van der Waals surface area (Å²) in [5.74, 6) is 0.185. The van der Waals surface area contributed by atoms with Crippen molar-refractivity contribution in [1.29, 1.82) is 0 Å². The quantitative estimate of drug-likeness (QED) is 0.739. The van der Waals surface area contributed by atoms with Gasteiger partial charge in [-0.05, 0) is 60.9 Å². The predicted molar refractivity (Wildman–Crippen MR) is 105 cm³/mol. The van der Waals surface area contributed by atoms with E-state index in [0.717, 1.165) is 59.2 Å². The average Bonchev–Trinajstić information content (AvgIpc) is 2.87. The summed E-state index contributed by atoms with van der Waals surface area (Å²) in [5.41, 5.74) is 1.79. The van der Waals surface area contributed by atoms with Crippen LogP contribution in [0.3, 0.4) is 0 Å². The van der Waals surface area contributed by atoms with Crippen molar-refractivity contribution in [3.05, 3.63) is 34.2 Å². The van der Waals surface area contributed by atoms with E-state index in [-0.39, 0.29) is 17.7 Å². The molecular formula is C20H24N2O4S. The minimum Gasteiger partial charge on any atom is -0.497 e. The van der Waals surface area contributed by atoms with Crippen LogP contribution in [0.4, 0.5) is 4.79 Å². The summed E-state index contributed by atoms with van der Waals surface area (Å²) in [4.78, 5) is 40.7. The molecule has 2 saturated heterocycles. The zero-order valence-electron chi connectivity index (χ0n) is 15.7. The van der Waals surface area contributed by atoms with E-state index in [1.54, 1.807) is 18.1 Å². The third-order valence-corrected chi connectivity index (χ3v) is 5.80. The Kier molecular flexibility index (Phi) is 6.21. The molecule has 2 heterocycles. The molecule has 0 saturated carbocycles. The van der Waals surface area contributed by atoms with Crippen molar-refractivity contribution in [2.75, 3.05) is 26.7 Å². The molecular weight excluding hydrogens is 364 g/mol. The Morgan fingerprint density at radius 1 is 1.19 bits per heavy atom. The van der Waals surface area contributed by atoms with Gasteiger partial charge in [0.1, 0.15) is 12.3 Å². The van der Waals surface area contributed by atoms with Crippen LogP contribution in [-0.4, -0.2) is 53.6 Å². The molecule has 0 aliphatic carbocycles. The highest BCUT2D eigenvalue weighted by Crippen LogP contribution is 2.33. The highest BCUT2D eigenvalue weighted by Gasteiger charge is 2.37. The van der Waals surface area contributed by atoms with Crippen molar-refractivity contribution in [3.8, 4) is 5.75 Å². The minimum absolute atomic E-state index is 0.152. The van der Waals surface area contributed by atoms with E-state index in [2.05, 4.69) is 0 Å². The van der Waals surface area contributed by atoms with Gasteiger partial charge in [0.2, 0.25) is 5.91 Å². The van der Waals surface area contributed by atoms with Crippen LogP contribution >= 0.6 is 11.8 Å². The normalized spacial score (nSPS) is 19.6. The number of carbonyl (C=O) groups is 3. The fourth-order valence-corrected chi connectivity index (χ4v) is 4.10. The molecule has 0 bridgehead atoms. The zero-order valence-corrected chi connectivity index (χ0v) is 16.5. The molecule has 1 aromatic carbocycles. The van der Waals surface area contributed by atoms with Gasteiger partial charge in [-0.25, -0.2) is 0 Å². The van der Waals surface area contributed by atoms with Gasteiger partial charge in [0, 0.05) is 13.1 Å². The molecule has 7 heteroatoms. The maximum atomic E-state index is 12.7. The van der Waals surface area contributed by atoms with Crippen LogP contribution in [0.1, 0.15) is 36.8 Å². The van der Waals surface area contributed by atoms with Crippen molar-refractivity contribution in [3.63, 3.8) is 0 Å². The number of ether oxygens (including phenoxy) is 1. The van der Waals surface area contributed by atoms with E-state index in [1.807, 2.05) is 25.1 Å². The summed E-state index contributed by atoms with van der Waals surface area (Å²) < 4.78 is 5.19. The summed E-state index contributed by atoms with van der Waals surface area (Å²) >= 11 is 0.885. The van der Waals surface area contributed by atoms with E-state index in [4.69, 9.17) is 4.74 Å². The molecule has 6 nitrogen and oxygen atoms in total. The fourth-order valence-electron chi connectivity index (χ4n) is 3.27. The lowest BCUT2D eigenvalue weighted by atomic mass is 10.1. The molecule has 0 aromatic heterocycles. The second-order valence-electron chi connectivity index (χ2n) is 6.79. The van der Waals surface area contributed by atoms with Crippen LogP contribution in [0.25, 0.3) is 6.08 Å². The lowest BCUT2D eigenvalue weighted by Crippen LogP contribution is -2.42. The first-order chi connectivity index (χ1) is 13.0. The van der Waals surface area contributed by atoms with Gasteiger partial charge >= 0.3 is 0 Å². The van der Waals surface area contributed by atoms with E-state index in [0.29, 0.717) is 18.0 Å². The van der Waals surface area contributed by atoms with Crippen LogP contribution in [0, 0.1) is 6.92 Å². The van der Waals surface area contributed by atoms with Gasteiger partial charge in [-0.15, -0.1) is 0 Å². The van der Waals surface area contributed by atoms with Crippen LogP contribution in [0.15, 0.2) is 23.1 Å². The number of likely N-dealkylation sites (tertiary alicyclic amines) is 1. The minimum atomic E-state index is -0.400. The summed E-state index contributed by atoms with van der Waals surface area (Å²) in [6.07, 6.45) is 5.90. The van der Waals surface area contributed by atoms with Crippen LogP contribution < -0.4 is 4.74 Å². The van der Waals surface area contributed by atoms with Gasteiger partial charge in [0.05, 0.1) is 12.0 Å². The largest absolute Gasteiger partial charge is 0.497 e. The number of thioether (sulfide) groups is 1. The number of carbonyl (C=O) groups excluding carboxylic acids is 3. The molecule has 2 aliphatic heterocycles. The number of amides is 3. The third kappa shape index (κ3) is 4.53. The maximum absolute atomic E-state index is 12.7. The van der Waals surface area contributed by atoms with Gasteiger partial charge in [0.25, 0.3) is 11.1 Å². The molecule has 144 valence electrons. The topological polar surface area (TPSA) is 66.9 Å². The van der Waals surface area contributed by atoms with Gasteiger partial charge in [-0.1, -0.05) is 18.9 Å². The lowest BCUT2D eigenvalue weighted by molar-refractivity contribution is -0.135. The van der Waals surface area contributed by atoms with Crippen molar-refractivity contribution in [2.24, 2.45) is 0 Å². The highest BCUT2D eigenvalue weighted by atomic mass is 32.2. The van der Waals surface area contributed by atoms with Crippen molar-refractivity contribution in [2.45, 2.75) is 32.6 Å². The van der Waals surface area contributed by atoms with Gasteiger partial charge < -0.3 is 9.64 Å². The van der Waals surface area contributed by atoms with Crippen LogP contribution in [-0.2, 0) is 9.59 Å². The molecule has 3 rings (SSSR count). The fraction of sp³-hybridized carbons (Fsp3) is 0.450. The molecule has 0 N–H and O–H groups in total. The second-order valence-corrected chi connectivity index (χ2v) is 7.78. The lowest BCUT2D eigenvalue weighted by Gasteiger charge is -2.22. The summed E-state index contributed by atoms with van der Waals surface area (Å²) in [6, 6.07) is 5.54. The molecule has 27 heavy (non-hydrogen) atoms. The first-order valence-electron chi connectivity index (χ1n) is 9.17. The van der Waals surface area contributed by atoms with Gasteiger partial charge in [0.15, 0.2) is 0 Å². The number of nitrogens with zero attached hydrogens (tertiary/aromatic N) is 2. The number of hydrogen-bond acceptors (Lipinski definition) is 5. The van der Waals surface area contributed by atoms with Gasteiger partial charge in [-0.2, -0.15) is 0 Å². The average molecular weight is 388 g/mol. The Hall–Kier alpha value is -2.28. The Bertz CT molecular complexity index is 782. The molecule has 0 unspecified atom stereocenters. The standard InChI is InChI=1S/C20H24N2O4S/c1-14-11-16(26-2)8-7-15(14)12-17-19(24)22(20(25)27-17)13-18(23)21-9-5-3-4-6-10-21/h7-8,11-12H,3-6,9-10,13H2,1-2H3. The van der Waals surface area contributed by atoms with Crippen molar-refractivity contribution >= 4 is 34.9 Å². The van der Waals surface area contributed by atoms with Crippen LogP contribution in [0.5, 0.6) is 5.75 Å². The van der Waals surface area contributed by atoms with Crippen LogP contribution in [0.2, 0.25) is 0 Å². The summed E-state index contributed by atoms with van der Waals surface area (Å²) in [5, 5.41) is -0.388. The molecule has 3 amide bonds. The molecule has 0 atom stereocenters. The number of hydrogen-bond donors (Lipinski definition) is 0. The Balaban J connectivity index is 1.72. The zero-order chi connectivity index (χ0) is 19.4. The van der Waals surface area contributed by atoms with E-state index in [9.17, 15) is 14.4 Å². The Morgan fingerprint density at radius 3 is 2.52 bits per heavy atom. The van der Waals surface area contributed by atoms with E-state index >= 15 is 0 Å². The molecule has 0 spiro atoms. The predicted octanol–water partition coefficient (Wildman–Crippen LogP) is 3.44. The van der Waals surface area contributed by atoms with Crippen molar-refractivity contribution in [1.82, 2.24) is 9.80 Å². The summed E-state index contributed by atoms with van der Waals surface area (Å²) in [6.45, 7) is 3.15. The number of methoxy groups -OCH3 is 1. The third-order valence-electron chi connectivity index (χ3n) is 4.89. The molecule has 2 fully saturated rings. The number of imide groups is 1. The SMILES string of the molecule is COc1ccc(C=C2SC(=O)N(CC(=O)N3CCCCCC3)C2=O)c(C)c1. The highest BCUT2D eigenvalue weighted by molar-refractivity contribution is 8.18. The smallest absolute Gasteiger partial charge is 0.294 e. The molecule has 0 radical (unpaired) electrons. The number of benzene rings is 1. The Labute approximate surface area is 163 Å². The van der Waals surface area contributed by atoms with Crippen molar-refractivity contribution < 1.29 is 19.1 Å². The summed E-state index contributed by atoms with van der Waals surface area (Å²) in [7, 11) is 1.60. The van der Waals surface area contributed by atoms with Gasteiger partial charge in [-0.3, -0.25) is 19.3 Å². The second kappa shape index (κ2) is 8.61. The monoisotopic (exact) mass is 388 g/mol. The van der Waals surface area contributed by atoms with E-state index in [1.165, 1.54) is 0 Å². The Morgan fingerprint density at radius 2 is 1.89 bits per heavy atom. The number of rotatable bonds is 4.